The fourth-order valence-electron chi connectivity index (χ4n) is 2.75. The van der Waals surface area contributed by atoms with Crippen molar-refractivity contribution in [3.05, 3.63) is 51.2 Å². The average Bonchev–Trinajstić information content (AvgIpc) is 3.08. The third-order valence-electron chi connectivity index (χ3n) is 4.06. The smallest absolute Gasteiger partial charge is 0.317 e. The second kappa shape index (κ2) is 7.54. The molecule has 0 spiro atoms. The second-order valence-electron chi connectivity index (χ2n) is 5.68. The Balaban J connectivity index is 1.60. The van der Waals surface area contributed by atoms with Gasteiger partial charge in [-0.25, -0.2) is 10.3 Å². The minimum Gasteiger partial charge on any atom is -0.497 e. The van der Waals surface area contributed by atoms with Crippen molar-refractivity contribution in [3.63, 3.8) is 0 Å². The summed E-state index contributed by atoms with van der Waals surface area (Å²) in [7, 11) is 1.61. The van der Waals surface area contributed by atoms with E-state index in [4.69, 9.17) is 9.94 Å². The summed E-state index contributed by atoms with van der Waals surface area (Å²) in [6.07, 6.45) is 0.700. The summed E-state index contributed by atoms with van der Waals surface area (Å²) >= 11 is 1.35. The van der Waals surface area contributed by atoms with E-state index in [9.17, 15) is 9.59 Å². The molecule has 0 saturated carbocycles. The molecule has 2 heterocycles. The normalized spacial score (nSPS) is 13.1. The molecule has 0 bridgehead atoms. The number of amides is 3. The van der Waals surface area contributed by atoms with Crippen molar-refractivity contribution >= 4 is 23.3 Å². The van der Waals surface area contributed by atoms with E-state index in [1.165, 1.54) is 11.3 Å². The van der Waals surface area contributed by atoms with Crippen molar-refractivity contribution in [1.29, 1.82) is 0 Å². The first-order valence-corrected chi connectivity index (χ1v) is 8.64. The molecule has 3 N–H and O–H groups in total. The topological polar surface area (TPSA) is 90.9 Å². The Morgan fingerprint density at radius 2 is 2.20 bits per heavy atom. The van der Waals surface area contributed by atoms with Crippen LogP contribution in [0.4, 0.5) is 4.79 Å². The summed E-state index contributed by atoms with van der Waals surface area (Å²) in [6, 6.07) is 9.13. The van der Waals surface area contributed by atoms with E-state index in [2.05, 4.69) is 5.32 Å². The van der Waals surface area contributed by atoms with E-state index in [0.29, 0.717) is 30.9 Å². The van der Waals surface area contributed by atoms with E-state index in [1.54, 1.807) is 23.6 Å². The molecule has 0 saturated heterocycles. The third-order valence-corrected chi connectivity index (χ3v) is 5.29. The number of rotatable bonds is 4. The van der Waals surface area contributed by atoms with E-state index < -0.39 is 5.91 Å². The van der Waals surface area contributed by atoms with Crippen LogP contribution < -0.4 is 15.5 Å². The van der Waals surface area contributed by atoms with Gasteiger partial charge in [-0.3, -0.25) is 10.0 Å². The molecule has 1 aromatic heterocycles. The van der Waals surface area contributed by atoms with Gasteiger partial charge in [0.05, 0.1) is 12.0 Å². The predicted octanol–water partition coefficient (Wildman–Crippen LogP) is 2.14. The number of hydrogen-bond donors (Lipinski definition) is 3. The molecule has 0 atom stereocenters. The van der Waals surface area contributed by atoms with Gasteiger partial charge in [0.1, 0.15) is 5.75 Å². The SMILES string of the molecule is COc1cccc(CNC(=O)N2CCc3sc(C(=O)NO)cc3C2)c1. The zero-order valence-corrected chi connectivity index (χ0v) is 14.6. The molecule has 25 heavy (non-hydrogen) atoms. The summed E-state index contributed by atoms with van der Waals surface area (Å²) < 4.78 is 5.18. The number of benzene rings is 1. The minimum absolute atomic E-state index is 0.146. The largest absolute Gasteiger partial charge is 0.497 e. The number of hydrogen-bond acceptors (Lipinski definition) is 5. The van der Waals surface area contributed by atoms with Crippen LogP contribution in [0.25, 0.3) is 0 Å². The lowest BCUT2D eigenvalue weighted by molar-refractivity contribution is 0.0711. The summed E-state index contributed by atoms with van der Waals surface area (Å²) in [6.45, 7) is 1.47. The zero-order valence-electron chi connectivity index (χ0n) is 13.7. The summed E-state index contributed by atoms with van der Waals surface area (Å²) in [5.41, 5.74) is 3.55. The van der Waals surface area contributed by atoms with Crippen LogP contribution in [-0.4, -0.2) is 35.7 Å². The standard InChI is InChI=1S/C17H19N3O4S/c1-24-13-4-2-3-11(7-13)9-18-17(22)20-6-5-14-12(10-20)8-15(25-14)16(21)19-23/h2-4,7-8,23H,5-6,9-10H2,1H3,(H,18,22)(H,19,21). The number of carbonyl (C=O) groups excluding carboxylic acids is 2. The highest BCUT2D eigenvalue weighted by Gasteiger charge is 2.24. The maximum atomic E-state index is 12.4. The summed E-state index contributed by atoms with van der Waals surface area (Å²) in [5, 5.41) is 11.6. The van der Waals surface area contributed by atoms with Gasteiger partial charge >= 0.3 is 6.03 Å². The number of thiophene rings is 1. The summed E-state index contributed by atoms with van der Waals surface area (Å²) in [4.78, 5) is 27.2. The molecular formula is C17H19N3O4S. The van der Waals surface area contributed by atoms with Crippen molar-refractivity contribution in [2.24, 2.45) is 0 Å². The molecule has 0 unspecified atom stereocenters. The number of hydroxylamine groups is 1. The quantitative estimate of drug-likeness (QED) is 0.575. The first-order valence-electron chi connectivity index (χ1n) is 7.82. The summed E-state index contributed by atoms with van der Waals surface area (Å²) in [5.74, 6) is 0.232. The molecule has 0 fully saturated rings. The highest BCUT2D eigenvalue weighted by molar-refractivity contribution is 7.14. The zero-order chi connectivity index (χ0) is 17.8. The molecule has 0 aliphatic carbocycles. The van der Waals surface area contributed by atoms with Crippen LogP contribution in [0.5, 0.6) is 5.75 Å². The maximum absolute atomic E-state index is 12.4. The van der Waals surface area contributed by atoms with Gasteiger partial charge < -0.3 is 15.0 Å². The van der Waals surface area contributed by atoms with Crippen LogP contribution in [0.2, 0.25) is 0 Å². The lowest BCUT2D eigenvalue weighted by atomic mass is 10.1. The van der Waals surface area contributed by atoms with E-state index in [0.717, 1.165) is 21.8 Å². The van der Waals surface area contributed by atoms with Gasteiger partial charge in [-0.05, 0) is 35.7 Å². The van der Waals surface area contributed by atoms with Crippen LogP contribution in [-0.2, 0) is 19.5 Å². The van der Waals surface area contributed by atoms with Gasteiger partial charge in [-0.1, -0.05) is 12.1 Å². The van der Waals surface area contributed by atoms with Gasteiger partial charge in [0.15, 0.2) is 0 Å². The number of nitrogens with one attached hydrogen (secondary N) is 2. The van der Waals surface area contributed by atoms with E-state index in [-0.39, 0.29) is 6.03 Å². The van der Waals surface area contributed by atoms with Crippen LogP contribution in [0, 0.1) is 0 Å². The fraction of sp³-hybridized carbons (Fsp3) is 0.294. The monoisotopic (exact) mass is 361 g/mol. The van der Waals surface area contributed by atoms with Crippen molar-refractivity contribution in [2.45, 2.75) is 19.5 Å². The Hall–Kier alpha value is -2.58. The van der Waals surface area contributed by atoms with Crippen molar-refractivity contribution in [1.82, 2.24) is 15.7 Å². The number of methoxy groups -OCH3 is 1. The van der Waals surface area contributed by atoms with Gasteiger partial charge in [0.25, 0.3) is 5.91 Å². The first kappa shape index (κ1) is 17.2. The average molecular weight is 361 g/mol. The number of carbonyl (C=O) groups is 2. The van der Waals surface area contributed by atoms with Crippen LogP contribution in [0.1, 0.15) is 25.7 Å². The first-order chi connectivity index (χ1) is 12.1. The van der Waals surface area contributed by atoms with Crippen molar-refractivity contribution in [3.8, 4) is 5.75 Å². The highest BCUT2D eigenvalue weighted by atomic mass is 32.1. The Morgan fingerprint density at radius 3 is 2.96 bits per heavy atom. The second-order valence-corrected chi connectivity index (χ2v) is 6.82. The van der Waals surface area contributed by atoms with E-state index in [1.807, 2.05) is 24.3 Å². The van der Waals surface area contributed by atoms with Crippen molar-refractivity contribution < 1.29 is 19.5 Å². The van der Waals surface area contributed by atoms with Crippen LogP contribution in [0.3, 0.4) is 0 Å². The minimum atomic E-state index is -0.520. The molecule has 1 aliphatic rings. The van der Waals surface area contributed by atoms with Gasteiger partial charge in [-0.15, -0.1) is 11.3 Å². The van der Waals surface area contributed by atoms with Gasteiger partial charge in [-0.2, -0.15) is 0 Å². The molecular weight excluding hydrogens is 342 g/mol. The molecule has 1 aromatic carbocycles. The molecule has 1 aliphatic heterocycles. The molecule has 132 valence electrons. The fourth-order valence-corrected chi connectivity index (χ4v) is 3.80. The molecule has 7 nitrogen and oxygen atoms in total. The Morgan fingerprint density at radius 1 is 1.36 bits per heavy atom. The Labute approximate surface area is 149 Å². The maximum Gasteiger partial charge on any atom is 0.317 e. The van der Waals surface area contributed by atoms with Crippen LogP contribution >= 0.6 is 11.3 Å². The molecule has 8 heteroatoms. The van der Waals surface area contributed by atoms with Gasteiger partial charge in [0, 0.05) is 24.5 Å². The molecule has 3 amide bonds. The van der Waals surface area contributed by atoms with Crippen molar-refractivity contribution in [2.75, 3.05) is 13.7 Å². The van der Waals surface area contributed by atoms with Crippen LogP contribution in [0.15, 0.2) is 30.3 Å². The lowest BCUT2D eigenvalue weighted by Gasteiger charge is -2.27. The van der Waals surface area contributed by atoms with E-state index >= 15 is 0 Å². The third kappa shape index (κ3) is 3.92. The number of ether oxygens (including phenoxy) is 1. The Kier molecular flexibility index (Phi) is 5.20. The molecule has 3 rings (SSSR count). The number of nitrogens with zero attached hydrogens (tertiary/aromatic N) is 1. The number of fused-ring (bicyclic) bond motifs is 1. The Bertz CT molecular complexity index is 790. The molecule has 0 radical (unpaired) electrons. The predicted molar refractivity (Wildman–Crippen MR) is 92.9 cm³/mol. The lowest BCUT2D eigenvalue weighted by Crippen LogP contribution is -2.42. The molecule has 2 aromatic rings. The van der Waals surface area contributed by atoms with Gasteiger partial charge in [0.2, 0.25) is 0 Å². The highest BCUT2D eigenvalue weighted by Crippen LogP contribution is 2.28. The number of urea groups is 1.